The quantitative estimate of drug-likeness (QED) is 0.493. The second-order valence-electron chi connectivity index (χ2n) is 7.30. The highest BCUT2D eigenvalue weighted by Crippen LogP contribution is 2.33. The van der Waals surface area contributed by atoms with Crippen molar-refractivity contribution in [2.45, 2.75) is 17.0 Å². The van der Waals surface area contributed by atoms with Crippen LogP contribution in [-0.2, 0) is 9.47 Å². The van der Waals surface area contributed by atoms with E-state index in [0.29, 0.717) is 26.4 Å². The van der Waals surface area contributed by atoms with E-state index < -0.39 is 0 Å². The Morgan fingerprint density at radius 3 is 2.14 bits per heavy atom. The molecule has 0 aliphatic carbocycles. The van der Waals surface area contributed by atoms with Gasteiger partial charge in [-0.05, 0) is 35.4 Å². The number of morpholine rings is 2. The standard InChI is InChI=1S/C22H28N2O3S2/c1-28-18-6-4-17(5-7-18)20(23-8-12-26-13-9-23)21(24-10-14-27-15-11-24)22(25)19-3-2-16-29-19/h2-7,16,20-21H,8-15H2,1H3/t20-,21+/m1/s1. The molecule has 0 amide bonds. The zero-order valence-electron chi connectivity index (χ0n) is 16.8. The molecule has 2 aliphatic rings. The SMILES string of the molecule is CSc1ccc([C@H]([C@@H](C(=O)c2cccs2)N2CCOCC2)N2CCOCC2)cc1. The molecule has 0 bridgehead atoms. The van der Waals surface area contributed by atoms with Crippen molar-refractivity contribution in [3.8, 4) is 0 Å². The number of thioether (sulfide) groups is 1. The molecule has 4 rings (SSSR count). The molecular weight excluding hydrogens is 404 g/mol. The van der Waals surface area contributed by atoms with Gasteiger partial charge in [0.05, 0.1) is 43.4 Å². The van der Waals surface area contributed by atoms with Crippen LogP contribution < -0.4 is 0 Å². The Morgan fingerprint density at radius 1 is 0.966 bits per heavy atom. The first-order chi connectivity index (χ1) is 14.3. The third-order valence-electron chi connectivity index (χ3n) is 5.67. The van der Waals surface area contributed by atoms with Gasteiger partial charge in [-0.2, -0.15) is 0 Å². The fraction of sp³-hybridized carbons (Fsp3) is 0.500. The van der Waals surface area contributed by atoms with Crippen LogP contribution in [0.1, 0.15) is 21.3 Å². The van der Waals surface area contributed by atoms with Gasteiger partial charge in [0.1, 0.15) is 0 Å². The van der Waals surface area contributed by atoms with Crippen LogP contribution >= 0.6 is 23.1 Å². The van der Waals surface area contributed by atoms with Crippen LogP contribution in [0.3, 0.4) is 0 Å². The highest BCUT2D eigenvalue weighted by Gasteiger charge is 2.40. The number of carbonyl (C=O) groups is 1. The summed E-state index contributed by atoms with van der Waals surface area (Å²) >= 11 is 3.27. The van der Waals surface area contributed by atoms with E-state index in [1.807, 2.05) is 17.5 Å². The van der Waals surface area contributed by atoms with Gasteiger partial charge in [0, 0.05) is 31.1 Å². The maximum Gasteiger partial charge on any atom is 0.191 e. The maximum absolute atomic E-state index is 13.8. The summed E-state index contributed by atoms with van der Waals surface area (Å²) in [6.45, 7) is 6.02. The number of hydrogen-bond donors (Lipinski definition) is 0. The molecule has 2 atom stereocenters. The monoisotopic (exact) mass is 432 g/mol. The number of ether oxygens (including phenoxy) is 2. The number of rotatable bonds is 7. The van der Waals surface area contributed by atoms with E-state index in [1.165, 1.54) is 21.8 Å². The number of carbonyl (C=O) groups excluding carboxylic acids is 1. The Labute approximate surface area is 181 Å². The molecule has 0 radical (unpaired) electrons. The van der Waals surface area contributed by atoms with Crippen molar-refractivity contribution in [1.29, 1.82) is 0 Å². The predicted octanol–water partition coefficient (Wildman–Crippen LogP) is 3.43. The first kappa shape index (κ1) is 21.0. The summed E-state index contributed by atoms with van der Waals surface area (Å²) in [4.78, 5) is 20.6. The van der Waals surface area contributed by atoms with E-state index in [0.717, 1.165) is 31.1 Å². The molecule has 0 unspecified atom stereocenters. The normalized spacial score (nSPS) is 21.0. The summed E-state index contributed by atoms with van der Waals surface area (Å²) in [5, 5.41) is 1.99. The van der Waals surface area contributed by atoms with Crippen LogP contribution in [0.25, 0.3) is 0 Å². The summed E-state index contributed by atoms with van der Waals surface area (Å²) < 4.78 is 11.2. The van der Waals surface area contributed by atoms with Crippen molar-refractivity contribution in [3.05, 3.63) is 52.2 Å². The van der Waals surface area contributed by atoms with Crippen LogP contribution in [-0.4, -0.2) is 80.5 Å². The number of thiophene rings is 1. The maximum atomic E-state index is 13.8. The van der Waals surface area contributed by atoms with Gasteiger partial charge in [0.2, 0.25) is 0 Å². The second kappa shape index (κ2) is 10.2. The average molecular weight is 433 g/mol. The molecular formula is C22H28N2O3S2. The zero-order chi connectivity index (χ0) is 20.1. The summed E-state index contributed by atoms with van der Waals surface area (Å²) in [5.74, 6) is 0.215. The van der Waals surface area contributed by atoms with Crippen molar-refractivity contribution in [3.63, 3.8) is 0 Å². The van der Waals surface area contributed by atoms with E-state index in [9.17, 15) is 4.79 Å². The van der Waals surface area contributed by atoms with Crippen molar-refractivity contribution in [2.75, 3.05) is 58.9 Å². The molecule has 3 heterocycles. The van der Waals surface area contributed by atoms with E-state index in [1.54, 1.807) is 11.8 Å². The Kier molecular flexibility index (Phi) is 7.39. The molecule has 0 saturated carbocycles. The summed E-state index contributed by atoms with van der Waals surface area (Å²) in [6, 6.07) is 12.4. The Balaban J connectivity index is 1.74. The second-order valence-corrected chi connectivity index (χ2v) is 9.13. The van der Waals surface area contributed by atoms with Crippen molar-refractivity contribution in [2.24, 2.45) is 0 Å². The molecule has 2 fully saturated rings. The van der Waals surface area contributed by atoms with Crippen molar-refractivity contribution in [1.82, 2.24) is 9.80 Å². The lowest BCUT2D eigenvalue weighted by atomic mass is 9.91. The van der Waals surface area contributed by atoms with Crippen LogP contribution in [0.5, 0.6) is 0 Å². The van der Waals surface area contributed by atoms with Gasteiger partial charge in [-0.1, -0.05) is 18.2 Å². The van der Waals surface area contributed by atoms with E-state index in [2.05, 4.69) is 40.3 Å². The summed E-state index contributed by atoms with van der Waals surface area (Å²) in [5.41, 5.74) is 1.20. The van der Waals surface area contributed by atoms with Crippen molar-refractivity contribution < 1.29 is 14.3 Å². The van der Waals surface area contributed by atoms with Gasteiger partial charge in [-0.3, -0.25) is 14.6 Å². The molecule has 0 N–H and O–H groups in total. The molecule has 2 aromatic rings. The molecule has 2 aliphatic heterocycles. The van der Waals surface area contributed by atoms with Gasteiger partial charge in [-0.15, -0.1) is 23.1 Å². The van der Waals surface area contributed by atoms with Gasteiger partial charge >= 0.3 is 0 Å². The molecule has 29 heavy (non-hydrogen) atoms. The summed E-state index contributed by atoms with van der Waals surface area (Å²) in [6.07, 6.45) is 2.09. The molecule has 0 spiro atoms. The van der Waals surface area contributed by atoms with Gasteiger partial charge in [0.15, 0.2) is 5.78 Å². The summed E-state index contributed by atoms with van der Waals surface area (Å²) in [7, 11) is 0. The topological polar surface area (TPSA) is 42.0 Å². The van der Waals surface area contributed by atoms with Crippen molar-refractivity contribution >= 4 is 28.9 Å². The average Bonchev–Trinajstić information content (AvgIpc) is 3.33. The van der Waals surface area contributed by atoms with Crippen LogP contribution in [0.2, 0.25) is 0 Å². The smallest absolute Gasteiger partial charge is 0.191 e. The minimum absolute atomic E-state index is 0.00232. The van der Waals surface area contributed by atoms with Gasteiger partial charge in [0.25, 0.3) is 0 Å². The third-order valence-corrected chi connectivity index (χ3v) is 7.30. The number of benzene rings is 1. The lowest BCUT2D eigenvalue weighted by Crippen LogP contribution is -2.55. The van der Waals surface area contributed by atoms with Crippen LogP contribution in [0.4, 0.5) is 0 Å². The van der Waals surface area contributed by atoms with E-state index >= 15 is 0 Å². The molecule has 2 saturated heterocycles. The minimum Gasteiger partial charge on any atom is -0.379 e. The number of ketones is 1. The molecule has 1 aromatic heterocycles. The lowest BCUT2D eigenvalue weighted by Gasteiger charge is -2.44. The first-order valence-electron chi connectivity index (χ1n) is 10.1. The minimum atomic E-state index is -0.226. The Hall–Kier alpha value is -1.22. The zero-order valence-corrected chi connectivity index (χ0v) is 18.4. The van der Waals surface area contributed by atoms with Crippen LogP contribution in [0, 0.1) is 0 Å². The number of hydrogen-bond acceptors (Lipinski definition) is 7. The molecule has 5 nitrogen and oxygen atoms in total. The molecule has 156 valence electrons. The highest BCUT2D eigenvalue weighted by atomic mass is 32.2. The third kappa shape index (κ3) is 4.93. The van der Waals surface area contributed by atoms with E-state index in [-0.39, 0.29) is 17.9 Å². The number of Topliss-reactive ketones (excluding diaryl/α,β-unsaturated/α-hetero) is 1. The largest absolute Gasteiger partial charge is 0.379 e. The Bertz CT molecular complexity index is 770. The predicted molar refractivity (Wildman–Crippen MR) is 118 cm³/mol. The Morgan fingerprint density at radius 2 is 1.59 bits per heavy atom. The van der Waals surface area contributed by atoms with Gasteiger partial charge in [-0.25, -0.2) is 0 Å². The first-order valence-corrected chi connectivity index (χ1v) is 12.2. The van der Waals surface area contributed by atoms with Crippen LogP contribution in [0.15, 0.2) is 46.7 Å². The molecule has 1 aromatic carbocycles. The highest BCUT2D eigenvalue weighted by molar-refractivity contribution is 7.98. The fourth-order valence-corrected chi connectivity index (χ4v) is 5.28. The lowest BCUT2D eigenvalue weighted by molar-refractivity contribution is -0.0300. The molecule has 7 heteroatoms. The fourth-order valence-electron chi connectivity index (χ4n) is 4.18. The van der Waals surface area contributed by atoms with E-state index in [4.69, 9.17) is 9.47 Å². The number of nitrogens with zero attached hydrogens (tertiary/aromatic N) is 2. The van der Waals surface area contributed by atoms with Gasteiger partial charge < -0.3 is 9.47 Å².